The predicted octanol–water partition coefficient (Wildman–Crippen LogP) is 2.81. The third-order valence-corrected chi connectivity index (χ3v) is 2.60. The number of rotatable bonds is 5. The maximum absolute atomic E-state index is 11.8. The van der Waals surface area contributed by atoms with Gasteiger partial charge in [0.05, 0.1) is 11.9 Å². The first-order chi connectivity index (χ1) is 6.37. The van der Waals surface area contributed by atoms with Crippen molar-refractivity contribution in [3.05, 3.63) is 0 Å². The zero-order chi connectivity index (χ0) is 11.2. The van der Waals surface area contributed by atoms with Gasteiger partial charge in [-0.1, -0.05) is 0 Å². The topological polar surface area (TPSA) is 26.3 Å². The first kappa shape index (κ1) is 13.8. The lowest BCUT2D eigenvalue weighted by Crippen LogP contribution is -2.29. The lowest BCUT2D eigenvalue weighted by molar-refractivity contribution is -0.153. The van der Waals surface area contributed by atoms with E-state index in [1.807, 2.05) is 20.8 Å². The van der Waals surface area contributed by atoms with E-state index in [4.69, 9.17) is 4.74 Å². The summed E-state index contributed by atoms with van der Waals surface area (Å²) in [5, 5.41) is -0.208. The summed E-state index contributed by atoms with van der Waals surface area (Å²) >= 11 is 1.44. The summed E-state index contributed by atoms with van der Waals surface area (Å²) in [4.78, 5) is 11.4. The highest BCUT2D eigenvalue weighted by Gasteiger charge is 2.21. The van der Waals surface area contributed by atoms with Gasteiger partial charge in [0, 0.05) is 0 Å². The van der Waals surface area contributed by atoms with Crippen LogP contribution in [-0.2, 0) is 9.53 Å². The van der Waals surface area contributed by atoms with Crippen molar-refractivity contribution in [3.63, 3.8) is 0 Å². The van der Waals surface area contributed by atoms with Crippen molar-refractivity contribution in [3.8, 4) is 0 Å². The van der Waals surface area contributed by atoms with Crippen LogP contribution in [0.5, 0.6) is 0 Å². The molecule has 0 radical (unpaired) electrons. The zero-order valence-electron chi connectivity index (χ0n) is 9.30. The number of carbonyl (C=O) groups excluding carboxylic acids is 1. The Morgan fingerprint density at radius 1 is 1.50 bits per heavy atom. The second kappa shape index (κ2) is 6.27. The Morgan fingerprint density at radius 3 is 2.50 bits per heavy atom. The Labute approximate surface area is 89.6 Å². The predicted molar refractivity (Wildman–Crippen MR) is 58.4 cm³/mol. The molecular formula is C10H19FO2S. The Bertz CT molecular complexity index is 177. The van der Waals surface area contributed by atoms with E-state index in [1.165, 1.54) is 11.8 Å². The molecular weight excluding hydrogens is 203 g/mol. The molecule has 0 aliphatic rings. The third kappa shape index (κ3) is 7.18. The Balaban J connectivity index is 3.77. The van der Waals surface area contributed by atoms with Gasteiger partial charge in [-0.3, -0.25) is 9.18 Å². The third-order valence-electron chi connectivity index (χ3n) is 1.38. The van der Waals surface area contributed by atoms with E-state index in [1.54, 1.807) is 6.92 Å². The molecule has 2 nitrogen and oxygen atoms in total. The van der Waals surface area contributed by atoms with Gasteiger partial charge in [0.1, 0.15) is 5.60 Å². The molecule has 0 bridgehead atoms. The second-order valence-corrected chi connectivity index (χ2v) is 5.54. The van der Waals surface area contributed by atoms with Crippen LogP contribution in [0.3, 0.4) is 0 Å². The molecule has 0 aromatic heterocycles. The normalized spacial score (nSPS) is 13.8. The van der Waals surface area contributed by atoms with Crippen molar-refractivity contribution < 1.29 is 13.9 Å². The van der Waals surface area contributed by atoms with E-state index in [0.29, 0.717) is 12.2 Å². The molecule has 0 aromatic carbocycles. The summed E-state index contributed by atoms with van der Waals surface area (Å²) in [6.07, 6.45) is 0.498. The fraction of sp³-hybridized carbons (Fsp3) is 0.900. The van der Waals surface area contributed by atoms with Crippen LogP contribution in [0.25, 0.3) is 0 Å². The zero-order valence-corrected chi connectivity index (χ0v) is 10.1. The van der Waals surface area contributed by atoms with Gasteiger partial charge in [-0.05, 0) is 39.9 Å². The summed E-state index contributed by atoms with van der Waals surface area (Å²) < 4.78 is 17.0. The van der Waals surface area contributed by atoms with E-state index in [0.717, 1.165) is 0 Å². The van der Waals surface area contributed by atoms with Crippen molar-refractivity contribution in [2.75, 3.05) is 12.4 Å². The molecule has 0 aliphatic heterocycles. The van der Waals surface area contributed by atoms with Crippen LogP contribution < -0.4 is 0 Å². The van der Waals surface area contributed by atoms with Crippen molar-refractivity contribution >= 4 is 17.7 Å². The number of alkyl halides is 1. The van der Waals surface area contributed by atoms with Crippen LogP contribution in [0.2, 0.25) is 0 Å². The van der Waals surface area contributed by atoms with E-state index < -0.39 is 5.60 Å². The van der Waals surface area contributed by atoms with Gasteiger partial charge in [0.2, 0.25) is 0 Å². The van der Waals surface area contributed by atoms with Gasteiger partial charge in [-0.25, -0.2) is 0 Å². The molecule has 4 heteroatoms. The van der Waals surface area contributed by atoms with E-state index in [2.05, 4.69) is 0 Å². The molecule has 0 fully saturated rings. The summed E-state index contributed by atoms with van der Waals surface area (Å²) in [5.41, 5.74) is -0.438. The number of halogens is 1. The van der Waals surface area contributed by atoms with Gasteiger partial charge < -0.3 is 4.74 Å². The van der Waals surface area contributed by atoms with Gasteiger partial charge in [0.15, 0.2) is 0 Å². The van der Waals surface area contributed by atoms with Crippen LogP contribution in [0, 0.1) is 0 Å². The minimum Gasteiger partial charge on any atom is -0.459 e. The maximum Gasteiger partial charge on any atom is 0.319 e. The number of ether oxygens (including phenoxy) is 1. The average Bonchev–Trinajstić information content (AvgIpc) is 2.01. The number of thioether (sulfide) groups is 1. The lowest BCUT2D eigenvalue weighted by atomic mass is 10.2. The van der Waals surface area contributed by atoms with Crippen molar-refractivity contribution in [1.82, 2.24) is 0 Å². The summed E-state index contributed by atoms with van der Waals surface area (Å²) in [5.74, 6) is 0.443. The minimum atomic E-state index is -0.438. The highest BCUT2D eigenvalue weighted by molar-refractivity contribution is 8.00. The van der Waals surface area contributed by atoms with Crippen molar-refractivity contribution in [2.45, 2.75) is 45.0 Å². The number of hydrogen-bond acceptors (Lipinski definition) is 3. The number of esters is 1. The average molecular weight is 222 g/mol. The summed E-state index contributed by atoms with van der Waals surface area (Å²) in [7, 11) is 0. The molecule has 0 aromatic rings. The molecule has 0 N–H and O–H groups in total. The molecule has 0 rings (SSSR count). The first-order valence-corrected chi connectivity index (χ1v) is 5.82. The fourth-order valence-electron chi connectivity index (χ4n) is 0.767. The molecule has 1 atom stereocenters. The van der Waals surface area contributed by atoms with Gasteiger partial charge in [0.25, 0.3) is 0 Å². The van der Waals surface area contributed by atoms with Gasteiger partial charge in [-0.2, -0.15) is 0 Å². The van der Waals surface area contributed by atoms with Crippen LogP contribution >= 0.6 is 11.8 Å². The van der Waals surface area contributed by atoms with Crippen molar-refractivity contribution in [2.24, 2.45) is 0 Å². The molecule has 0 heterocycles. The van der Waals surface area contributed by atoms with Gasteiger partial charge >= 0.3 is 5.97 Å². The molecule has 0 saturated carbocycles. The monoisotopic (exact) mass is 222 g/mol. The lowest BCUT2D eigenvalue weighted by Gasteiger charge is -2.21. The van der Waals surface area contributed by atoms with E-state index >= 15 is 0 Å². The molecule has 0 saturated heterocycles. The molecule has 1 unspecified atom stereocenters. The Kier molecular flexibility index (Phi) is 6.16. The molecule has 84 valence electrons. The van der Waals surface area contributed by atoms with Crippen LogP contribution in [0.15, 0.2) is 0 Å². The number of carbonyl (C=O) groups is 1. The van der Waals surface area contributed by atoms with Crippen molar-refractivity contribution in [1.29, 1.82) is 0 Å². The summed E-state index contributed by atoms with van der Waals surface area (Å²) in [6, 6.07) is 0. The quantitative estimate of drug-likeness (QED) is 0.528. The largest absolute Gasteiger partial charge is 0.459 e. The minimum absolute atomic E-state index is 0.208. The van der Waals surface area contributed by atoms with Crippen LogP contribution in [0.4, 0.5) is 4.39 Å². The summed E-state index contributed by atoms with van der Waals surface area (Å²) in [6.45, 7) is 6.97. The highest BCUT2D eigenvalue weighted by Crippen LogP contribution is 2.17. The maximum atomic E-state index is 11.8. The smallest absolute Gasteiger partial charge is 0.319 e. The molecule has 14 heavy (non-hydrogen) atoms. The van der Waals surface area contributed by atoms with Crippen LogP contribution in [-0.4, -0.2) is 29.2 Å². The Hall–Kier alpha value is -0.250. The Morgan fingerprint density at radius 2 is 2.07 bits per heavy atom. The van der Waals surface area contributed by atoms with Crippen LogP contribution in [0.1, 0.15) is 34.1 Å². The number of hydrogen-bond donors (Lipinski definition) is 0. The highest BCUT2D eigenvalue weighted by atomic mass is 32.2. The SMILES string of the molecule is CC(SCCCF)C(=O)OC(C)(C)C. The fourth-order valence-corrected chi connectivity index (χ4v) is 1.58. The molecule has 0 amide bonds. The second-order valence-electron chi connectivity index (χ2n) is 4.09. The molecule has 0 aliphatic carbocycles. The van der Waals surface area contributed by atoms with E-state index in [9.17, 15) is 9.18 Å². The van der Waals surface area contributed by atoms with Gasteiger partial charge in [-0.15, -0.1) is 11.8 Å². The first-order valence-electron chi connectivity index (χ1n) is 4.77. The standard InChI is InChI=1S/C10H19FO2S/c1-8(14-7-5-6-11)9(12)13-10(2,3)4/h8H,5-7H2,1-4H3. The molecule has 0 spiro atoms. The van der Waals surface area contributed by atoms with E-state index in [-0.39, 0.29) is 17.9 Å².